The molecule has 0 atom stereocenters. The van der Waals surface area contributed by atoms with Gasteiger partial charge in [0.25, 0.3) is 5.91 Å². The minimum atomic E-state index is -1.01. The van der Waals surface area contributed by atoms with E-state index >= 15 is 0 Å². The number of carboxylic acid groups (broad SMARTS) is 1. The summed E-state index contributed by atoms with van der Waals surface area (Å²) in [6, 6.07) is 10.2. The summed E-state index contributed by atoms with van der Waals surface area (Å²) in [5, 5.41) is 15.3. The Balaban J connectivity index is 1.81. The lowest BCUT2D eigenvalue weighted by molar-refractivity contribution is 0.0695. The fourth-order valence-corrected chi connectivity index (χ4v) is 2.88. The van der Waals surface area contributed by atoms with Crippen LogP contribution in [0.3, 0.4) is 0 Å². The van der Waals surface area contributed by atoms with Crippen molar-refractivity contribution in [2.75, 3.05) is 0 Å². The summed E-state index contributed by atoms with van der Waals surface area (Å²) >= 11 is 1.62. The molecule has 0 radical (unpaired) electrons. The summed E-state index contributed by atoms with van der Waals surface area (Å²) < 4.78 is 1.25. The molecule has 6 heteroatoms. The molecule has 0 aliphatic carbocycles. The van der Waals surface area contributed by atoms with Crippen LogP contribution in [0.15, 0.2) is 48.0 Å². The molecule has 2 heterocycles. The molecule has 0 unspecified atom stereocenters. The fourth-order valence-electron chi connectivity index (χ4n) is 2.26. The lowest BCUT2D eigenvalue weighted by Crippen LogP contribution is -2.13. The molecule has 5 nitrogen and oxygen atoms in total. The first-order chi connectivity index (χ1) is 11.5. The van der Waals surface area contributed by atoms with Crippen molar-refractivity contribution in [3.63, 3.8) is 0 Å². The number of carbonyl (C=O) groups is 2. The molecule has 0 bridgehead atoms. The quantitative estimate of drug-likeness (QED) is 0.785. The minimum Gasteiger partial charge on any atom is -0.478 e. The minimum absolute atomic E-state index is 0.187. The normalized spacial score (nSPS) is 11.0. The van der Waals surface area contributed by atoms with Gasteiger partial charge in [-0.1, -0.05) is 6.07 Å². The van der Waals surface area contributed by atoms with E-state index in [1.807, 2.05) is 29.7 Å². The second kappa shape index (κ2) is 6.64. The number of hydrogen-bond acceptors (Lipinski definition) is 4. The van der Waals surface area contributed by atoms with Crippen molar-refractivity contribution in [1.82, 2.24) is 9.78 Å². The summed E-state index contributed by atoms with van der Waals surface area (Å²) in [6.07, 6.45) is 5.37. The van der Waals surface area contributed by atoms with Gasteiger partial charge in [-0.05, 0) is 60.4 Å². The fraction of sp³-hybridized carbons (Fsp3) is 0.0556. The molecule has 0 fully saturated rings. The predicted molar refractivity (Wildman–Crippen MR) is 93.3 cm³/mol. The number of nitrogens with zero attached hydrogens (tertiary/aromatic N) is 2. The van der Waals surface area contributed by atoms with Gasteiger partial charge in [0.1, 0.15) is 0 Å². The van der Waals surface area contributed by atoms with Gasteiger partial charge in [0, 0.05) is 16.6 Å². The number of aromatic nitrogens is 2. The van der Waals surface area contributed by atoms with E-state index in [2.05, 4.69) is 5.10 Å². The Hall–Kier alpha value is -2.99. The van der Waals surface area contributed by atoms with Gasteiger partial charge in [0.2, 0.25) is 0 Å². The van der Waals surface area contributed by atoms with Crippen molar-refractivity contribution in [2.24, 2.45) is 0 Å². The van der Waals surface area contributed by atoms with Crippen LogP contribution in [0.5, 0.6) is 0 Å². The van der Waals surface area contributed by atoms with Crippen LogP contribution >= 0.6 is 11.3 Å². The molecule has 1 N–H and O–H groups in total. The molecule has 0 amide bonds. The first-order valence-electron chi connectivity index (χ1n) is 7.20. The van der Waals surface area contributed by atoms with E-state index in [9.17, 15) is 9.59 Å². The molecule has 0 aliphatic rings. The molecule has 0 saturated heterocycles. The van der Waals surface area contributed by atoms with Crippen molar-refractivity contribution in [3.8, 4) is 0 Å². The molecular weight excluding hydrogens is 324 g/mol. The molecule has 24 heavy (non-hydrogen) atoms. The average molecular weight is 338 g/mol. The van der Waals surface area contributed by atoms with Gasteiger partial charge in [-0.2, -0.15) is 5.10 Å². The molecule has 1 aromatic carbocycles. The number of rotatable bonds is 4. The zero-order valence-corrected chi connectivity index (χ0v) is 13.7. The maximum absolute atomic E-state index is 12.5. The summed E-state index contributed by atoms with van der Waals surface area (Å²) in [6.45, 7) is 1.67. The monoisotopic (exact) mass is 338 g/mol. The van der Waals surface area contributed by atoms with Gasteiger partial charge < -0.3 is 5.11 Å². The summed E-state index contributed by atoms with van der Waals surface area (Å²) in [4.78, 5) is 24.6. The Morgan fingerprint density at radius 2 is 2.04 bits per heavy atom. The first kappa shape index (κ1) is 15.9. The molecule has 3 rings (SSSR count). The summed E-state index contributed by atoms with van der Waals surface area (Å²) in [5.41, 5.74) is 1.80. The van der Waals surface area contributed by atoms with Crippen molar-refractivity contribution < 1.29 is 14.7 Å². The van der Waals surface area contributed by atoms with Gasteiger partial charge in [-0.25, -0.2) is 9.48 Å². The van der Waals surface area contributed by atoms with E-state index in [-0.39, 0.29) is 11.5 Å². The van der Waals surface area contributed by atoms with Crippen LogP contribution in [0, 0.1) is 6.92 Å². The average Bonchev–Trinajstić information content (AvgIpc) is 3.23. The van der Waals surface area contributed by atoms with Gasteiger partial charge in [0.05, 0.1) is 11.3 Å². The van der Waals surface area contributed by atoms with Crippen molar-refractivity contribution in [3.05, 3.63) is 75.2 Å². The van der Waals surface area contributed by atoms with Gasteiger partial charge in [-0.3, -0.25) is 4.79 Å². The molecular formula is C18H14N2O3S. The van der Waals surface area contributed by atoms with E-state index in [0.717, 1.165) is 4.88 Å². The smallest absolute Gasteiger partial charge is 0.335 e. The number of aromatic carboxylic acids is 1. The van der Waals surface area contributed by atoms with E-state index < -0.39 is 5.97 Å². The van der Waals surface area contributed by atoms with Crippen LogP contribution in [0.1, 0.15) is 36.9 Å². The highest BCUT2D eigenvalue weighted by Gasteiger charge is 2.13. The number of thiophene rings is 1. The molecule has 3 aromatic rings. The molecule has 0 aliphatic heterocycles. The molecule has 0 saturated carbocycles. The Morgan fingerprint density at radius 1 is 1.21 bits per heavy atom. The van der Waals surface area contributed by atoms with Crippen LogP contribution in [-0.2, 0) is 0 Å². The lowest BCUT2D eigenvalue weighted by atomic mass is 10.0. The van der Waals surface area contributed by atoms with E-state index in [0.29, 0.717) is 16.8 Å². The highest BCUT2D eigenvalue weighted by atomic mass is 32.1. The largest absolute Gasteiger partial charge is 0.478 e. The zero-order chi connectivity index (χ0) is 17.1. The Labute approximate surface area is 142 Å². The lowest BCUT2D eigenvalue weighted by Gasteiger charge is -2.04. The van der Waals surface area contributed by atoms with Gasteiger partial charge in [-0.15, -0.1) is 11.3 Å². The van der Waals surface area contributed by atoms with Gasteiger partial charge >= 0.3 is 5.97 Å². The Morgan fingerprint density at radius 3 is 2.71 bits per heavy atom. The zero-order valence-electron chi connectivity index (χ0n) is 12.8. The summed E-state index contributed by atoms with van der Waals surface area (Å²) in [7, 11) is 0. The summed E-state index contributed by atoms with van der Waals surface area (Å²) in [5.74, 6) is -1.31. The molecule has 2 aromatic heterocycles. The Kier molecular flexibility index (Phi) is 4.39. The van der Waals surface area contributed by atoms with E-state index in [1.165, 1.54) is 16.8 Å². The van der Waals surface area contributed by atoms with E-state index in [4.69, 9.17) is 5.11 Å². The number of carbonyl (C=O) groups excluding carboxylic acids is 1. The Bertz CT molecular complexity index is 924. The number of benzene rings is 1. The second-order valence-electron chi connectivity index (χ2n) is 5.17. The third-order valence-corrected chi connectivity index (χ3v) is 4.32. The number of hydrogen-bond donors (Lipinski definition) is 1. The van der Waals surface area contributed by atoms with Crippen LogP contribution in [0.25, 0.3) is 12.2 Å². The van der Waals surface area contributed by atoms with Gasteiger partial charge in [0.15, 0.2) is 0 Å². The standard InChI is InChI=1S/C18H14N2O3S/c1-12-11-13(4-7-16(12)18(22)23)17(21)20-9-8-14(19-20)5-6-15-3-2-10-24-15/h2-11H,1H3,(H,22,23)/b6-5+. The SMILES string of the molecule is Cc1cc(C(=O)n2ccc(/C=C/c3cccs3)n2)ccc1C(=O)O. The topological polar surface area (TPSA) is 72.2 Å². The molecule has 0 spiro atoms. The van der Waals surface area contributed by atoms with Crippen LogP contribution in [-0.4, -0.2) is 26.8 Å². The third kappa shape index (κ3) is 3.33. The van der Waals surface area contributed by atoms with Crippen LogP contribution in [0.4, 0.5) is 0 Å². The van der Waals surface area contributed by atoms with E-state index in [1.54, 1.807) is 36.6 Å². The third-order valence-electron chi connectivity index (χ3n) is 3.48. The maximum atomic E-state index is 12.5. The maximum Gasteiger partial charge on any atom is 0.335 e. The highest BCUT2D eigenvalue weighted by Crippen LogP contribution is 2.14. The predicted octanol–water partition coefficient (Wildman–Crippen LogP) is 3.81. The highest BCUT2D eigenvalue weighted by molar-refractivity contribution is 7.10. The number of carboxylic acids is 1. The van der Waals surface area contributed by atoms with Crippen molar-refractivity contribution in [2.45, 2.75) is 6.92 Å². The first-order valence-corrected chi connectivity index (χ1v) is 8.08. The van der Waals surface area contributed by atoms with Crippen molar-refractivity contribution in [1.29, 1.82) is 0 Å². The van der Waals surface area contributed by atoms with Crippen LogP contribution < -0.4 is 0 Å². The van der Waals surface area contributed by atoms with Crippen molar-refractivity contribution >= 4 is 35.4 Å². The second-order valence-corrected chi connectivity index (χ2v) is 6.15. The number of aryl methyl sites for hydroxylation is 1. The van der Waals surface area contributed by atoms with Crippen LogP contribution in [0.2, 0.25) is 0 Å². The molecule has 120 valence electrons.